The first kappa shape index (κ1) is 40.7. The highest BCUT2D eigenvalue weighted by Crippen LogP contribution is 2.32. The SMILES string of the molecule is CCCCc1oc2ccc(NS(C)(=O)=O)cc2c1C(=O)c1ccc(OCCCN(CCCC)CCCC)cc1.Cc1ccc(S(=O)(=O)O)cc1. The monoisotopic (exact) mass is 728 g/mol. The first-order chi connectivity index (χ1) is 23.7. The number of ether oxygens (including phenoxy) is 1. The Bertz CT molecular complexity index is 1860. The Morgan fingerprint density at radius 2 is 1.42 bits per heavy atom. The maximum atomic E-state index is 13.7. The van der Waals surface area contributed by atoms with Crippen molar-refractivity contribution < 1.29 is 35.3 Å². The van der Waals surface area contributed by atoms with Gasteiger partial charge in [-0.05, 0) is 100 Å². The normalized spacial score (nSPS) is 11.7. The number of hydrogen-bond donors (Lipinski definition) is 2. The number of unbranched alkanes of at least 4 members (excludes halogenated alkanes) is 3. The van der Waals surface area contributed by atoms with Gasteiger partial charge >= 0.3 is 0 Å². The Hall–Kier alpha value is -3.71. The maximum absolute atomic E-state index is 13.7. The van der Waals surface area contributed by atoms with Crippen LogP contribution in [0.2, 0.25) is 0 Å². The largest absolute Gasteiger partial charge is 0.494 e. The summed E-state index contributed by atoms with van der Waals surface area (Å²) in [5, 5.41) is 0.607. The van der Waals surface area contributed by atoms with E-state index in [4.69, 9.17) is 13.7 Å². The lowest BCUT2D eigenvalue weighted by molar-refractivity contribution is 0.103. The smallest absolute Gasteiger partial charge is 0.294 e. The number of nitrogens with one attached hydrogen (secondary N) is 1. The van der Waals surface area contributed by atoms with Crippen LogP contribution in [-0.4, -0.2) is 64.6 Å². The molecule has 0 aliphatic heterocycles. The highest BCUT2D eigenvalue weighted by molar-refractivity contribution is 7.92. The van der Waals surface area contributed by atoms with Crippen molar-refractivity contribution in [2.75, 3.05) is 37.2 Å². The van der Waals surface area contributed by atoms with Crippen LogP contribution in [0, 0.1) is 6.92 Å². The number of ketones is 1. The molecule has 0 fully saturated rings. The molecular formula is C38H52N2O8S2. The van der Waals surface area contributed by atoms with E-state index in [1.807, 2.05) is 19.1 Å². The lowest BCUT2D eigenvalue weighted by Gasteiger charge is -2.21. The fraction of sp³-hybridized carbons (Fsp3) is 0.447. The van der Waals surface area contributed by atoms with E-state index in [1.165, 1.54) is 37.8 Å². The molecule has 0 radical (unpaired) electrons. The van der Waals surface area contributed by atoms with Crippen molar-refractivity contribution in [3.63, 3.8) is 0 Å². The number of rotatable bonds is 19. The number of aryl methyl sites for hydroxylation is 2. The van der Waals surface area contributed by atoms with Gasteiger partial charge in [-0.25, -0.2) is 8.42 Å². The van der Waals surface area contributed by atoms with Crippen molar-refractivity contribution in [3.05, 3.63) is 89.2 Å². The molecule has 274 valence electrons. The van der Waals surface area contributed by atoms with Gasteiger partial charge in [0.2, 0.25) is 10.0 Å². The van der Waals surface area contributed by atoms with Crippen LogP contribution >= 0.6 is 0 Å². The number of sulfonamides is 1. The number of nitrogens with zero attached hydrogens (tertiary/aromatic N) is 1. The first-order valence-electron chi connectivity index (χ1n) is 17.3. The van der Waals surface area contributed by atoms with E-state index in [0.29, 0.717) is 46.6 Å². The second kappa shape index (κ2) is 19.6. The zero-order valence-electron chi connectivity index (χ0n) is 29.9. The zero-order valence-corrected chi connectivity index (χ0v) is 31.5. The minimum Gasteiger partial charge on any atom is -0.494 e. The lowest BCUT2D eigenvalue weighted by atomic mass is 9.98. The molecular weight excluding hydrogens is 677 g/mol. The fourth-order valence-electron chi connectivity index (χ4n) is 5.32. The van der Waals surface area contributed by atoms with E-state index < -0.39 is 20.1 Å². The molecule has 10 nitrogen and oxygen atoms in total. The molecule has 0 saturated carbocycles. The number of benzene rings is 3. The Labute approximate surface area is 298 Å². The summed E-state index contributed by atoms with van der Waals surface area (Å²) in [5.41, 5.74) is 2.94. The number of fused-ring (bicyclic) bond motifs is 1. The van der Waals surface area contributed by atoms with E-state index in [9.17, 15) is 21.6 Å². The molecule has 0 aliphatic carbocycles. The average molecular weight is 729 g/mol. The third kappa shape index (κ3) is 13.2. The zero-order chi connectivity index (χ0) is 36.7. The lowest BCUT2D eigenvalue weighted by Crippen LogP contribution is -2.28. The van der Waals surface area contributed by atoms with Gasteiger partial charge in [-0.3, -0.25) is 14.1 Å². The summed E-state index contributed by atoms with van der Waals surface area (Å²) < 4.78 is 67.6. The highest BCUT2D eigenvalue weighted by atomic mass is 32.2. The molecule has 0 spiro atoms. The fourth-order valence-corrected chi connectivity index (χ4v) is 6.36. The van der Waals surface area contributed by atoms with E-state index >= 15 is 0 Å². The molecule has 0 unspecified atom stereocenters. The summed E-state index contributed by atoms with van der Waals surface area (Å²) >= 11 is 0. The van der Waals surface area contributed by atoms with Gasteiger partial charge in [0.25, 0.3) is 10.1 Å². The van der Waals surface area contributed by atoms with Crippen molar-refractivity contribution in [3.8, 4) is 5.75 Å². The predicted octanol–water partition coefficient (Wildman–Crippen LogP) is 8.29. The quantitative estimate of drug-likeness (QED) is 0.0554. The van der Waals surface area contributed by atoms with Crippen LogP contribution in [0.3, 0.4) is 0 Å². The van der Waals surface area contributed by atoms with Gasteiger partial charge in [0, 0.05) is 29.6 Å². The number of carbonyl (C=O) groups is 1. The van der Waals surface area contributed by atoms with Crippen LogP contribution in [0.5, 0.6) is 5.75 Å². The molecule has 3 aromatic carbocycles. The minimum atomic E-state index is -4.02. The summed E-state index contributed by atoms with van der Waals surface area (Å²) in [6.45, 7) is 12.3. The maximum Gasteiger partial charge on any atom is 0.294 e. The molecule has 4 rings (SSSR count). The summed E-state index contributed by atoms with van der Waals surface area (Å²) in [4.78, 5) is 16.1. The van der Waals surface area contributed by atoms with Crippen molar-refractivity contribution in [2.45, 2.75) is 84.0 Å². The second-order valence-corrected chi connectivity index (χ2v) is 15.7. The van der Waals surface area contributed by atoms with Gasteiger partial charge in [-0.15, -0.1) is 0 Å². The van der Waals surface area contributed by atoms with Gasteiger partial charge in [-0.1, -0.05) is 57.7 Å². The van der Waals surface area contributed by atoms with Gasteiger partial charge in [0.05, 0.1) is 23.3 Å². The van der Waals surface area contributed by atoms with Gasteiger partial charge < -0.3 is 14.1 Å². The number of furan rings is 1. The Morgan fingerprint density at radius 1 is 0.820 bits per heavy atom. The molecule has 1 aromatic heterocycles. The molecule has 0 atom stereocenters. The van der Waals surface area contributed by atoms with E-state index in [0.717, 1.165) is 56.5 Å². The van der Waals surface area contributed by atoms with E-state index in [1.54, 1.807) is 42.5 Å². The molecule has 0 aliphatic rings. The first-order valence-corrected chi connectivity index (χ1v) is 20.7. The van der Waals surface area contributed by atoms with Gasteiger partial charge in [0.15, 0.2) is 5.78 Å². The van der Waals surface area contributed by atoms with Crippen LogP contribution in [0.15, 0.2) is 76.0 Å². The number of carbonyl (C=O) groups excluding carboxylic acids is 1. The van der Waals surface area contributed by atoms with Gasteiger partial charge in [-0.2, -0.15) is 8.42 Å². The van der Waals surface area contributed by atoms with Crippen molar-refractivity contribution in [1.29, 1.82) is 0 Å². The minimum absolute atomic E-state index is 0.0666. The van der Waals surface area contributed by atoms with Crippen molar-refractivity contribution in [1.82, 2.24) is 4.90 Å². The van der Waals surface area contributed by atoms with Crippen LogP contribution in [-0.2, 0) is 26.6 Å². The third-order valence-corrected chi connectivity index (χ3v) is 9.50. The summed E-state index contributed by atoms with van der Waals surface area (Å²) in [6, 6.07) is 18.3. The standard InChI is InChI=1S/C31H44N2O5S.C7H8O3S/c1-5-8-12-29-30(27-23-25(32-39(4,35)36)15-18-28(27)38-29)31(34)24-13-16-26(17-14-24)37-22-11-21-33(19-9-6-2)20-10-7-3;1-6-2-4-7(5-3-6)11(8,9)10/h13-18,23,32H,5-12,19-22H2,1-4H3;2-5H,1H3,(H,8,9,10). The van der Waals surface area contributed by atoms with Crippen LogP contribution in [0.4, 0.5) is 5.69 Å². The third-order valence-electron chi connectivity index (χ3n) is 8.03. The van der Waals surface area contributed by atoms with Gasteiger partial charge in [0.1, 0.15) is 17.1 Å². The highest BCUT2D eigenvalue weighted by Gasteiger charge is 2.22. The molecule has 4 aromatic rings. The molecule has 0 bridgehead atoms. The molecule has 12 heteroatoms. The van der Waals surface area contributed by atoms with E-state index in [-0.39, 0.29) is 10.7 Å². The molecule has 2 N–H and O–H groups in total. The second-order valence-electron chi connectivity index (χ2n) is 12.5. The summed E-state index contributed by atoms with van der Waals surface area (Å²) in [7, 11) is -7.47. The van der Waals surface area contributed by atoms with Crippen LogP contribution in [0.1, 0.15) is 93.0 Å². The molecule has 0 amide bonds. The van der Waals surface area contributed by atoms with E-state index in [2.05, 4.69) is 30.4 Å². The topological polar surface area (TPSA) is 143 Å². The summed E-state index contributed by atoms with van der Waals surface area (Å²) in [5.74, 6) is 1.22. The van der Waals surface area contributed by atoms with Crippen LogP contribution < -0.4 is 9.46 Å². The molecule has 0 saturated heterocycles. The Morgan fingerprint density at radius 3 is 1.98 bits per heavy atom. The average Bonchev–Trinajstić information content (AvgIpc) is 3.43. The number of anilines is 1. The predicted molar refractivity (Wildman–Crippen MR) is 201 cm³/mol. The van der Waals surface area contributed by atoms with Crippen LogP contribution in [0.25, 0.3) is 11.0 Å². The Kier molecular flexibility index (Phi) is 16.0. The molecule has 1 heterocycles. The molecule has 50 heavy (non-hydrogen) atoms. The van der Waals surface area contributed by atoms with Crippen molar-refractivity contribution in [2.24, 2.45) is 0 Å². The number of hydrogen-bond acceptors (Lipinski definition) is 8. The Balaban J connectivity index is 0.000000521. The summed E-state index contributed by atoms with van der Waals surface area (Å²) in [6.07, 6.45) is 9.40. The van der Waals surface area contributed by atoms with Crippen molar-refractivity contribution >= 4 is 42.6 Å².